The molecule has 0 unspecified atom stereocenters. The van der Waals surface area contributed by atoms with Crippen LogP contribution in [-0.2, 0) is 4.74 Å². The van der Waals surface area contributed by atoms with Gasteiger partial charge in [0.05, 0.1) is 6.04 Å². The minimum Gasteiger partial charge on any atom is -0.444 e. The molecule has 0 spiro atoms. The predicted molar refractivity (Wildman–Crippen MR) is 83.2 cm³/mol. The zero-order valence-electron chi connectivity index (χ0n) is 12.8. The second kappa shape index (κ2) is 5.10. The Morgan fingerprint density at radius 2 is 2.14 bits per heavy atom. The molecule has 0 aliphatic carbocycles. The smallest absolute Gasteiger partial charge is 0.410 e. The highest BCUT2D eigenvalue weighted by Gasteiger charge is 2.33. The molecule has 4 heteroatoms. The van der Waals surface area contributed by atoms with Gasteiger partial charge in [-0.25, -0.2) is 4.79 Å². The van der Waals surface area contributed by atoms with Gasteiger partial charge in [-0.3, -0.25) is 0 Å². The van der Waals surface area contributed by atoms with E-state index in [0.717, 1.165) is 24.9 Å². The summed E-state index contributed by atoms with van der Waals surface area (Å²) in [6, 6.07) is 8.53. The van der Waals surface area contributed by atoms with Crippen LogP contribution in [0.15, 0.2) is 30.5 Å². The first kappa shape index (κ1) is 14.0. The number of aromatic nitrogens is 1. The lowest BCUT2D eigenvalue weighted by molar-refractivity contribution is 0.0224. The fraction of sp³-hybridized carbons (Fsp3) is 0.471. The average Bonchev–Trinajstić information content (AvgIpc) is 3.04. The fourth-order valence-electron chi connectivity index (χ4n) is 2.93. The van der Waals surface area contributed by atoms with Crippen molar-refractivity contribution in [2.75, 3.05) is 6.54 Å². The quantitative estimate of drug-likeness (QED) is 0.852. The zero-order chi connectivity index (χ0) is 15.0. The van der Waals surface area contributed by atoms with Gasteiger partial charge in [0.15, 0.2) is 0 Å². The minimum absolute atomic E-state index is 0.124. The summed E-state index contributed by atoms with van der Waals surface area (Å²) in [7, 11) is 0. The summed E-state index contributed by atoms with van der Waals surface area (Å²) in [6.07, 6.45) is 3.75. The highest BCUT2D eigenvalue weighted by molar-refractivity contribution is 5.80. The van der Waals surface area contributed by atoms with Crippen LogP contribution in [0.5, 0.6) is 0 Å². The molecule has 1 saturated heterocycles. The van der Waals surface area contributed by atoms with Crippen LogP contribution >= 0.6 is 0 Å². The number of aromatic amines is 1. The van der Waals surface area contributed by atoms with Crippen molar-refractivity contribution in [1.82, 2.24) is 9.88 Å². The lowest BCUT2D eigenvalue weighted by Crippen LogP contribution is -2.36. The monoisotopic (exact) mass is 286 g/mol. The van der Waals surface area contributed by atoms with Gasteiger partial charge in [-0.05, 0) is 62.8 Å². The van der Waals surface area contributed by atoms with Crippen molar-refractivity contribution >= 4 is 17.0 Å². The third kappa shape index (κ3) is 2.89. The number of hydrogen-bond acceptors (Lipinski definition) is 2. The number of carbonyl (C=O) groups is 1. The highest BCUT2D eigenvalue weighted by atomic mass is 16.6. The predicted octanol–water partition coefficient (Wildman–Crippen LogP) is 4.24. The molecule has 1 aliphatic rings. The minimum atomic E-state index is -0.450. The molecule has 0 radical (unpaired) electrons. The van der Waals surface area contributed by atoms with E-state index in [2.05, 4.69) is 29.2 Å². The zero-order valence-corrected chi connectivity index (χ0v) is 12.8. The third-order valence-electron chi connectivity index (χ3n) is 3.84. The van der Waals surface area contributed by atoms with E-state index in [1.54, 1.807) is 0 Å². The van der Waals surface area contributed by atoms with Gasteiger partial charge in [0.1, 0.15) is 5.60 Å². The van der Waals surface area contributed by atoms with Crippen LogP contribution in [0.1, 0.15) is 45.2 Å². The molecule has 0 saturated carbocycles. The van der Waals surface area contributed by atoms with Gasteiger partial charge in [-0.2, -0.15) is 0 Å². The van der Waals surface area contributed by atoms with Gasteiger partial charge in [-0.15, -0.1) is 0 Å². The Kier molecular flexibility index (Phi) is 3.40. The standard InChI is InChI=1S/C17H22N2O2/c1-17(2,3)21-16(20)19-10-4-5-15(19)13-6-7-14-12(11-13)8-9-18-14/h6-9,11,15,18H,4-5,10H2,1-3H3/t15-/m1/s1. The molecule has 1 amide bonds. The molecule has 1 fully saturated rings. The molecular formula is C17H22N2O2. The molecule has 1 aromatic heterocycles. The summed E-state index contributed by atoms with van der Waals surface area (Å²) >= 11 is 0. The normalized spacial score (nSPS) is 19.2. The first-order valence-corrected chi connectivity index (χ1v) is 7.51. The summed E-state index contributed by atoms with van der Waals surface area (Å²) in [6.45, 7) is 6.48. The Morgan fingerprint density at radius 3 is 2.90 bits per heavy atom. The Morgan fingerprint density at radius 1 is 1.33 bits per heavy atom. The molecule has 4 nitrogen and oxygen atoms in total. The molecule has 2 heterocycles. The van der Waals surface area contributed by atoms with Crippen molar-refractivity contribution in [2.24, 2.45) is 0 Å². The Bertz CT molecular complexity index is 654. The summed E-state index contributed by atoms with van der Waals surface area (Å²) in [4.78, 5) is 17.4. The van der Waals surface area contributed by atoms with Crippen molar-refractivity contribution in [1.29, 1.82) is 0 Å². The SMILES string of the molecule is CC(C)(C)OC(=O)N1CCC[C@@H]1c1ccc2[nH]ccc2c1. The number of H-pyrrole nitrogens is 1. The number of likely N-dealkylation sites (tertiary alicyclic amines) is 1. The molecule has 3 rings (SSSR count). The summed E-state index contributed by atoms with van der Waals surface area (Å²) in [5.74, 6) is 0. The van der Waals surface area contributed by atoms with E-state index in [1.807, 2.05) is 31.9 Å². The van der Waals surface area contributed by atoms with Crippen LogP contribution in [0.4, 0.5) is 4.79 Å². The van der Waals surface area contributed by atoms with Crippen LogP contribution < -0.4 is 0 Å². The summed E-state index contributed by atoms with van der Waals surface area (Å²) in [5, 5.41) is 1.18. The van der Waals surface area contributed by atoms with Gasteiger partial charge in [0.25, 0.3) is 0 Å². The summed E-state index contributed by atoms with van der Waals surface area (Å²) in [5.41, 5.74) is 1.86. The second-order valence-corrected chi connectivity index (χ2v) is 6.66. The maximum atomic E-state index is 12.4. The first-order valence-electron chi connectivity index (χ1n) is 7.51. The average molecular weight is 286 g/mol. The topological polar surface area (TPSA) is 45.3 Å². The number of fused-ring (bicyclic) bond motifs is 1. The van der Waals surface area contributed by atoms with E-state index < -0.39 is 5.60 Å². The van der Waals surface area contributed by atoms with Gasteiger partial charge in [0, 0.05) is 18.3 Å². The molecule has 0 bridgehead atoms. The van der Waals surface area contributed by atoms with E-state index in [1.165, 1.54) is 10.9 Å². The number of benzene rings is 1. The van der Waals surface area contributed by atoms with E-state index >= 15 is 0 Å². The van der Waals surface area contributed by atoms with Crippen LogP contribution in [0, 0.1) is 0 Å². The van der Waals surface area contributed by atoms with Crippen molar-refractivity contribution in [2.45, 2.75) is 45.3 Å². The van der Waals surface area contributed by atoms with E-state index in [-0.39, 0.29) is 12.1 Å². The number of carbonyl (C=O) groups excluding carboxylic acids is 1. The molecule has 1 aliphatic heterocycles. The van der Waals surface area contributed by atoms with E-state index in [9.17, 15) is 4.79 Å². The largest absolute Gasteiger partial charge is 0.444 e. The molecule has 1 N–H and O–H groups in total. The number of rotatable bonds is 1. The first-order chi connectivity index (χ1) is 9.94. The molecule has 2 aromatic rings. The molecular weight excluding hydrogens is 264 g/mol. The van der Waals surface area contributed by atoms with Gasteiger partial charge in [0.2, 0.25) is 0 Å². The number of hydrogen-bond donors (Lipinski definition) is 1. The number of ether oxygens (including phenoxy) is 1. The number of amides is 1. The molecule has 1 atom stereocenters. The third-order valence-corrected chi connectivity index (χ3v) is 3.84. The van der Waals surface area contributed by atoms with Crippen LogP contribution in [0.25, 0.3) is 10.9 Å². The van der Waals surface area contributed by atoms with Crippen molar-refractivity contribution in [3.63, 3.8) is 0 Å². The lowest BCUT2D eigenvalue weighted by atomic mass is 10.0. The second-order valence-electron chi connectivity index (χ2n) is 6.66. The fourth-order valence-corrected chi connectivity index (χ4v) is 2.93. The maximum absolute atomic E-state index is 12.4. The van der Waals surface area contributed by atoms with E-state index in [4.69, 9.17) is 4.74 Å². The van der Waals surface area contributed by atoms with Crippen LogP contribution in [0.2, 0.25) is 0 Å². The van der Waals surface area contributed by atoms with Gasteiger partial charge in [-0.1, -0.05) is 6.07 Å². The van der Waals surface area contributed by atoms with Gasteiger partial charge >= 0.3 is 6.09 Å². The Balaban J connectivity index is 1.84. The Labute approximate surface area is 125 Å². The highest BCUT2D eigenvalue weighted by Crippen LogP contribution is 2.34. The molecule has 21 heavy (non-hydrogen) atoms. The van der Waals surface area contributed by atoms with Crippen molar-refractivity contribution in [3.05, 3.63) is 36.0 Å². The van der Waals surface area contributed by atoms with E-state index in [0.29, 0.717) is 0 Å². The molecule has 112 valence electrons. The Hall–Kier alpha value is -1.97. The number of nitrogens with zero attached hydrogens (tertiary/aromatic N) is 1. The van der Waals surface area contributed by atoms with Gasteiger partial charge < -0.3 is 14.6 Å². The summed E-state index contributed by atoms with van der Waals surface area (Å²) < 4.78 is 5.53. The molecule has 1 aromatic carbocycles. The maximum Gasteiger partial charge on any atom is 0.410 e. The van der Waals surface area contributed by atoms with Crippen LogP contribution in [-0.4, -0.2) is 28.1 Å². The van der Waals surface area contributed by atoms with Crippen LogP contribution in [0.3, 0.4) is 0 Å². The van der Waals surface area contributed by atoms with Crippen molar-refractivity contribution in [3.8, 4) is 0 Å². The number of nitrogens with one attached hydrogen (secondary N) is 1. The lowest BCUT2D eigenvalue weighted by Gasteiger charge is -2.28. The van der Waals surface area contributed by atoms with Crippen molar-refractivity contribution < 1.29 is 9.53 Å².